The zero-order chi connectivity index (χ0) is 18.0. The molecular formula is C17H24F2N2O3. The molecule has 2 N–H and O–H groups in total. The van der Waals surface area contributed by atoms with E-state index in [9.17, 15) is 18.7 Å². The maximum absolute atomic E-state index is 13.2. The number of hydrogen-bond donors (Lipinski definition) is 2. The number of halogens is 2. The van der Waals surface area contributed by atoms with Gasteiger partial charge in [-0.05, 0) is 45.7 Å². The third-order valence-electron chi connectivity index (χ3n) is 3.89. The molecule has 0 unspecified atom stereocenters. The van der Waals surface area contributed by atoms with Gasteiger partial charge < -0.3 is 20.1 Å². The topological polar surface area (TPSA) is 61.8 Å². The molecule has 1 aliphatic heterocycles. The fraction of sp³-hybridized carbons (Fsp3) is 0.588. The SMILES string of the molecule is CC(C)(C)OC(=O)N1CCC(O)(CNc2ccc(F)c(F)c2)CC1. The fourth-order valence-corrected chi connectivity index (χ4v) is 2.48. The molecular weight excluding hydrogens is 318 g/mol. The van der Waals surface area contributed by atoms with Crippen LogP contribution in [-0.4, -0.2) is 46.9 Å². The van der Waals surface area contributed by atoms with E-state index in [-0.39, 0.29) is 6.54 Å². The highest BCUT2D eigenvalue weighted by atomic mass is 19.2. The molecule has 1 aliphatic rings. The molecule has 0 spiro atoms. The second-order valence-electron chi connectivity index (χ2n) is 7.17. The Labute approximate surface area is 140 Å². The number of rotatable bonds is 3. The number of nitrogens with one attached hydrogen (secondary N) is 1. The third-order valence-corrected chi connectivity index (χ3v) is 3.89. The van der Waals surface area contributed by atoms with Gasteiger partial charge in [0.25, 0.3) is 0 Å². The summed E-state index contributed by atoms with van der Waals surface area (Å²) < 4.78 is 31.4. The van der Waals surface area contributed by atoms with Crippen molar-refractivity contribution in [1.29, 1.82) is 0 Å². The predicted molar refractivity (Wildman–Crippen MR) is 86.8 cm³/mol. The minimum absolute atomic E-state index is 0.195. The zero-order valence-corrected chi connectivity index (χ0v) is 14.2. The summed E-state index contributed by atoms with van der Waals surface area (Å²) >= 11 is 0. The van der Waals surface area contributed by atoms with Crippen LogP contribution < -0.4 is 5.32 Å². The van der Waals surface area contributed by atoms with Crippen molar-refractivity contribution in [2.45, 2.75) is 44.8 Å². The predicted octanol–water partition coefficient (Wildman–Crippen LogP) is 3.14. The summed E-state index contributed by atoms with van der Waals surface area (Å²) in [4.78, 5) is 13.6. The summed E-state index contributed by atoms with van der Waals surface area (Å²) in [6.45, 7) is 6.36. The maximum Gasteiger partial charge on any atom is 0.410 e. The van der Waals surface area contributed by atoms with Gasteiger partial charge in [-0.3, -0.25) is 0 Å². The lowest BCUT2D eigenvalue weighted by molar-refractivity contribution is -0.0244. The van der Waals surface area contributed by atoms with Crippen molar-refractivity contribution >= 4 is 11.8 Å². The number of hydrogen-bond acceptors (Lipinski definition) is 4. The van der Waals surface area contributed by atoms with Gasteiger partial charge in [0.15, 0.2) is 11.6 Å². The van der Waals surface area contributed by atoms with Gasteiger partial charge in [0, 0.05) is 31.4 Å². The van der Waals surface area contributed by atoms with E-state index in [2.05, 4.69) is 5.32 Å². The molecule has 1 heterocycles. The molecule has 0 atom stereocenters. The average molecular weight is 342 g/mol. The molecule has 134 valence electrons. The van der Waals surface area contributed by atoms with Gasteiger partial charge in [-0.1, -0.05) is 0 Å². The van der Waals surface area contributed by atoms with E-state index in [0.717, 1.165) is 12.1 Å². The van der Waals surface area contributed by atoms with Gasteiger partial charge in [-0.2, -0.15) is 0 Å². The van der Waals surface area contributed by atoms with Gasteiger partial charge in [-0.25, -0.2) is 13.6 Å². The molecule has 2 rings (SSSR count). The van der Waals surface area contributed by atoms with Crippen LogP contribution in [0, 0.1) is 11.6 Å². The molecule has 0 bridgehead atoms. The molecule has 0 aromatic heterocycles. The Morgan fingerprint density at radius 3 is 2.46 bits per heavy atom. The largest absolute Gasteiger partial charge is 0.444 e. The lowest BCUT2D eigenvalue weighted by atomic mass is 9.91. The molecule has 1 amide bonds. The van der Waals surface area contributed by atoms with Crippen LogP contribution in [0.4, 0.5) is 19.3 Å². The summed E-state index contributed by atoms with van der Waals surface area (Å²) in [5, 5.41) is 13.5. The number of ether oxygens (including phenoxy) is 1. The molecule has 5 nitrogen and oxygen atoms in total. The van der Waals surface area contributed by atoms with Crippen LogP contribution in [0.15, 0.2) is 18.2 Å². The first kappa shape index (κ1) is 18.4. The molecule has 0 aliphatic carbocycles. The summed E-state index contributed by atoms with van der Waals surface area (Å²) in [5.41, 5.74) is -1.17. The standard InChI is InChI=1S/C17H24F2N2O3/c1-16(2,3)24-15(22)21-8-6-17(23,7-9-21)11-20-12-4-5-13(18)14(19)10-12/h4-5,10,20,23H,6-9,11H2,1-3H3. The molecule has 1 saturated heterocycles. The Hall–Kier alpha value is -1.89. The number of benzene rings is 1. The first-order chi connectivity index (χ1) is 11.1. The van der Waals surface area contributed by atoms with Crippen LogP contribution in [0.5, 0.6) is 0 Å². The third kappa shape index (κ3) is 5.06. The second kappa shape index (κ2) is 6.93. The number of nitrogens with zero attached hydrogens (tertiary/aromatic N) is 1. The van der Waals surface area contributed by atoms with E-state index in [0.29, 0.717) is 31.6 Å². The Kier molecular flexibility index (Phi) is 5.32. The van der Waals surface area contributed by atoms with Gasteiger partial charge >= 0.3 is 6.09 Å². The summed E-state index contributed by atoms with van der Waals surface area (Å²) in [6, 6.07) is 3.50. The van der Waals surface area contributed by atoms with Crippen molar-refractivity contribution in [2.24, 2.45) is 0 Å². The first-order valence-electron chi connectivity index (χ1n) is 7.97. The summed E-state index contributed by atoms with van der Waals surface area (Å²) in [5.74, 6) is -1.85. The van der Waals surface area contributed by atoms with E-state index >= 15 is 0 Å². The van der Waals surface area contributed by atoms with E-state index in [1.165, 1.54) is 6.07 Å². The van der Waals surface area contributed by atoms with Crippen molar-refractivity contribution in [3.05, 3.63) is 29.8 Å². The lowest BCUT2D eigenvalue weighted by Crippen LogP contribution is -2.50. The van der Waals surface area contributed by atoms with Gasteiger partial charge in [0.1, 0.15) is 5.60 Å². The minimum Gasteiger partial charge on any atom is -0.444 e. The summed E-state index contributed by atoms with van der Waals surface area (Å²) in [6.07, 6.45) is 0.365. The van der Waals surface area contributed by atoms with Crippen LogP contribution in [0.25, 0.3) is 0 Å². The van der Waals surface area contributed by atoms with Gasteiger partial charge in [-0.15, -0.1) is 0 Å². The van der Waals surface area contributed by atoms with Crippen LogP contribution in [0.1, 0.15) is 33.6 Å². The average Bonchev–Trinajstić information content (AvgIpc) is 2.47. The van der Waals surface area contributed by atoms with E-state index in [1.54, 1.807) is 25.7 Å². The Morgan fingerprint density at radius 1 is 1.29 bits per heavy atom. The number of carbonyl (C=O) groups excluding carboxylic acids is 1. The van der Waals surface area contributed by atoms with Crippen molar-refractivity contribution in [2.75, 3.05) is 25.0 Å². The number of likely N-dealkylation sites (tertiary alicyclic amines) is 1. The first-order valence-corrected chi connectivity index (χ1v) is 7.97. The van der Waals surface area contributed by atoms with Crippen LogP contribution in [-0.2, 0) is 4.74 Å². The van der Waals surface area contributed by atoms with Crippen LogP contribution >= 0.6 is 0 Å². The monoisotopic (exact) mass is 342 g/mol. The number of amides is 1. The minimum atomic E-state index is -1.01. The Morgan fingerprint density at radius 2 is 1.92 bits per heavy atom. The molecule has 0 radical (unpaired) electrons. The zero-order valence-electron chi connectivity index (χ0n) is 14.2. The van der Waals surface area contributed by atoms with Crippen molar-refractivity contribution in [1.82, 2.24) is 4.90 Å². The summed E-state index contributed by atoms with van der Waals surface area (Å²) in [7, 11) is 0. The quantitative estimate of drug-likeness (QED) is 0.886. The van der Waals surface area contributed by atoms with Crippen molar-refractivity contribution in [3.63, 3.8) is 0 Å². The Balaban J connectivity index is 1.85. The second-order valence-corrected chi connectivity index (χ2v) is 7.17. The van der Waals surface area contributed by atoms with E-state index < -0.39 is 28.9 Å². The van der Waals surface area contributed by atoms with Crippen molar-refractivity contribution < 1.29 is 23.4 Å². The molecule has 1 fully saturated rings. The van der Waals surface area contributed by atoms with Crippen molar-refractivity contribution in [3.8, 4) is 0 Å². The number of piperidine rings is 1. The number of carbonyl (C=O) groups is 1. The highest BCUT2D eigenvalue weighted by molar-refractivity contribution is 5.68. The molecule has 7 heteroatoms. The Bertz CT molecular complexity index is 594. The normalized spacial score (nSPS) is 17.5. The highest BCUT2D eigenvalue weighted by Gasteiger charge is 2.35. The molecule has 24 heavy (non-hydrogen) atoms. The smallest absolute Gasteiger partial charge is 0.410 e. The lowest BCUT2D eigenvalue weighted by Gasteiger charge is -2.38. The number of aliphatic hydroxyl groups is 1. The maximum atomic E-state index is 13.2. The molecule has 1 aromatic rings. The van der Waals surface area contributed by atoms with Gasteiger partial charge in [0.2, 0.25) is 0 Å². The number of anilines is 1. The van der Waals surface area contributed by atoms with Gasteiger partial charge in [0.05, 0.1) is 5.60 Å². The molecule has 0 saturated carbocycles. The van der Waals surface area contributed by atoms with E-state index in [1.807, 2.05) is 0 Å². The highest BCUT2D eigenvalue weighted by Crippen LogP contribution is 2.24. The van der Waals surface area contributed by atoms with Crippen LogP contribution in [0.3, 0.4) is 0 Å². The van der Waals surface area contributed by atoms with Crippen LogP contribution in [0.2, 0.25) is 0 Å². The fourth-order valence-electron chi connectivity index (χ4n) is 2.48. The molecule has 1 aromatic carbocycles. The van der Waals surface area contributed by atoms with E-state index in [4.69, 9.17) is 4.74 Å².